The smallest absolute Gasteiger partial charge is 0.0406 e. The van der Waals surface area contributed by atoms with E-state index in [0.29, 0.717) is 6.04 Å². The predicted octanol–water partition coefficient (Wildman–Crippen LogP) is 5.45. The molecule has 3 heteroatoms. The largest absolute Gasteiger partial charge is 0.382 e. The van der Waals surface area contributed by atoms with E-state index in [4.69, 9.17) is 11.6 Å². The van der Waals surface area contributed by atoms with E-state index in [-0.39, 0.29) is 0 Å². The Labute approximate surface area is 128 Å². The third kappa shape index (κ3) is 4.26. The highest BCUT2D eigenvalue weighted by atomic mass is 79.9. The fourth-order valence-corrected chi connectivity index (χ4v) is 2.68. The van der Waals surface area contributed by atoms with Crippen LogP contribution in [0, 0.1) is 6.92 Å². The summed E-state index contributed by atoms with van der Waals surface area (Å²) in [4.78, 5) is 0. The standard InChI is InChI=1S/C16H17BrClN/c1-11-9-14(17)5-8-16(11)19-12(2)10-13-3-6-15(18)7-4-13/h3-9,12,19H,10H2,1-2H3. The molecular weight excluding hydrogens is 322 g/mol. The lowest BCUT2D eigenvalue weighted by Crippen LogP contribution is -2.18. The lowest BCUT2D eigenvalue weighted by molar-refractivity contribution is 0.789. The van der Waals surface area contributed by atoms with Gasteiger partial charge in [0.25, 0.3) is 0 Å². The Morgan fingerprint density at radius 1 is 1.16 bits per heavy atom. The predicted molar refractivity (Wildman–Crippen MR) is 87.1 cm³/mol. The van der Waals surface area contributed by atoms with Gasteiger partial charge in [-0.25, -0.2) is 0 Å². The molecule has 2 aromatic rings. The maximum Gasteiger partial charge on any atom is 0.0406 e. The second kappa shape index (κ2) is 6.44. The van der Waals surface area contributed by atoms with E-state index >= 15 is 0 Å². The van der Waals surface area contributed by atoms with Crippen molar-refractivity contribution in [2.24, 2.45) is 0 Å². The zero-order chi connectivity index (χ0) is 13.8. The van der Waals surface area contributed by atoms with E-state index in [1.807, 2.05) is 12.1 Å². The molecule has 0 aromatic heterocycles. The van der Waals surface area contributed by atoms with Gasteiger partial charge in [-0.2, -0.15) is 0 Å². The summed E-state index contributed by atoms with van der Waals surface area (Å²) >= 11 is 9.38. The first-order valence-corrected chi connectivity index (χ1v) is 7.49. The Morgan fingerprint density at radius 3 is 2.47 bits per heavy atom. The Hall–Kier alpha value is -0.990. The Morgan fingerprint density at radius 2 is 1.84 bits per heavy atom. The summed E-state index contributed by atoms with van der Waals surface area (Å²) in [5.41, 5.74) is 3.72. The van der Waals surface area contributed by atoms with Crippen LogP contribution >= 0.6 is 27.5 Å². The minimum Gasteiger partial charge on any atom is -0.382 e. The fourth-order valence-electron chi connectivity index (χ4n) is 2.08. The summed E-state index contributed by atoms with van der Waals surface area (Å²) in [5, 5.41) is 4.33. The molecule has 0 bridgehead atoms. The van der Waals surface area contributed by atoms with Gasteiger partial charge in [0.15, 0.2) is 0 Å². The van der Waals surface area contributed by atoms with E-state index in [0.717, 1.165) is 15.9 Å². The first-order chi connectivity index (χ1) is 9.04. The molecule has 0 aliphatic carbocycles. The SMILES string of the molecule is Cc1cc(Br)ccc1NC(C)Cc1ccc(Cl)cc1. The summed E-state index contributed by atoms with van der Waals surface area (Å²) < 4.78 is 1.11. The number of hydrogen-bond acceptors (Lipinski definition) is 1. The van der Waals surface area contributed by atoms with Crippen LogP contribution in [0.15, 0.2) is 46.9 Å². The number of anilines is 1. The van der Waals surface area contributed by atoms with Crippen molar-refractivity contribution >= 4 is 33.2 Å². The van der Waals surface area contributed by atoms with Gasteiger partial charge in [0.2, 0.25) is 0 Å². The van der Waals surface area contributed by atoms with Gasteiger partial charge in [-0.3, -0.25) is 0 Å². The monoisotopic (exact) mass is 337 g/mol. The molecule has 0 aliphatic heterocycles. The zero-order valence-corrected chi connectivity index (χ0v) is 13.4. The topological polar surface area (TPSA) is 12.0 Å². The van der Waals surface area contributed by atoms with E-state index in [1.54, 1.807) is 0 Å². The first-order valence-electron chi connectivity index (χ1n) is 6.32. The van der Waals surface area contributed by atoms with Gasteiger partial charge >= 0.3 is 0 Å². The summed E-state index contributed by atoms with van der Waals surface area (Å²) in [6, 6.07) is 14.7. The number of benzene rings is 2. The minimum atomic E-state index is 0.376. The molecule has 0 heterocycles. The van der Waals surface area contributed by atoms with Gasteiger partial charge in [-0.1, -0.05) is 39.7 Å². The Bertz CT molecular complexity index is 551. The maximum atomic E-state index is 5.89. The molecule has 1 nitrogen and oxygen atoms in total. The molecule has 0 spiro atoms. The van der Waals surface area contributed by atoms with Crippen molar-refractivity contribution in [1.29, 1.82) is 0 Å². The second-order valence-corrected chi connectivity index (χ2v) is 6.19. The average Bonchev–Trinajstić information content (AvgIpc) is 2.36. The molecule has 19 heavy (non-hydrogen) atoms. The number of aryl methyl sites for hydroxylation is 1. The lowest BCUT2D eigenvalue weighted by Gasteiger charge is -2.17. The fraction of sp³-hybridized carbons (Fsp3) is 0.250. The second-order valence-electron chi connectivity index (χ2n) is 4.84. The van der Waals surface area contributed by atoms with Gasteiger partial charge in [0, 0.05) is 21.2 Å². The summed E-state index contributed by atoms with van der Waals surface area (Å²) in [6.07, 6.45) is 0.979. The highest BCUT2D eigenvalue weighted by Gasteiger charge is 2.06. The molecule has 0 saturated heterocycles. The maximum absolute atomic E-state index is 5.89. The normalized spacial score (nSPS) is 12.2. The van der Waals surface area contributed by atoms with Crippen LogP contribution in [0.1, 0.15) is 18.1 Å². The molecule has 2 aromatic carbocycles. The lowest BCUT2D eigenvalue weighted by atomic mass is 10.1. The van der Waals surface area contributed by atoms with Crippen molar-refractivity contribution < 1.29 is 0 Å². The van der Waals surface area contributed by atoms with Crippen molar-refractivity contribution in [3.05, 3.63) is 63.1 Å². The minimum absolute atomic E-state index is 0.376. The van der Waals surface area contributed by atoms with Crippen molar-refractivity contribution in [3.8, 4) is 0 Å². The quantitative estimate of drug-likeness (QED) is 0.781. The third-order valence-corrected chi connectivity index (χ3v) is 3.79. The molecule has 1 unspecified atom stereocenters. The summed E-state index contributed by atoms with van der Waals surface area (Å²) in [7, 11) is 0. The molecule has 1 atom stereocenters. The molecule has 0 aliphatic rings. The average molecular weight is 339 g/mol. The summed E-state index contributed by atoms with van der Waals surface area (Å²) in [6.45, 7) is 4.30. The molecule has 1 N–H and O–H groups in total. The van der Waals surface area contributed by atoms with Gasteiger partial charge in [0.1, 0.15) is 0 Å². The van der Waals surface area contributed by atoms with Crippen molar-refractivity contribution in [1.82, 2.24) is 0 Å². The van der Waals surface area contributed by atoms with E-state index in [2.05, 4.69) is 65.4 Å². The van der Waals surface area contributed by atoms with Gasteiger partial charge in [-0.05, 0) is 61.7 Å². The number of halogens is 2. The number of rotatable bonds is 4. The molecule has 2 rings (SSSR count). The van der Waals surface area contributed by atoms with Crippen molar-refractivity contribution in [2.45, 2.75) is 26.3 Å². The van der Waals surface area contributed by atoms with Crippen LogP contribution in [-0.2, 0) is 6.42 Å². The number of nitrogens with one attached hydrogen (secondary N) is 1. The zero-order valence-electron chi connectivity index (χ0n) is 11.1. The van der Waals surface area contributed by atoms with Gasteiger partial charge < -0.3 is 5.32 Å². The van der Waals surface area contributed by atoms with Crippen LogP contribution in [0.2, 0.25) is 5.02 Å². The molecule has 0 fully saturated rings. The number of hydrogen-bond donors (Lipinski definition) is 1. The van der Waals surface area contributed by atoms with Crippen LogP contribution < -0.4 is 5.32 Å². The Kier molecular flexibility index (Phi) is 4.89. The molecule has 0 radical (unpaired) electrons. The highest BCUT2D eigenvalue weighted by molar-refractivity contribution is 9.10. The Balaban J connectivity index is 2.01. The highest BCUT2D eigenvalue weighted by Crippen LogP contribution is 2.21. The van der Waals surface area contributed by atoms with Gasteiger partial charge in [-0.15, -0.1) is 0 Å². The summed E-state index contributed by atoms with van der Waals surface area (Å²) in [5.74, 6) is 0. The van der Waals surface area contributed by atoms with Crippen molar-refractivity contribution in [3.63, 3.8) is 0 Å². The first kappa shape index (κ1) is 14.4. The van der Waals surface area contributed by atoms with Crippen LogP contribution in [0.25, 0.3) is 0 Å². The molecular formula is C16H17BrClN. The van der Waals surface area contributed by atoms with E-state index in [1.165, 1.54) is 16.8 Å². The third-order valence-electron chi connectivity index (χ3n) is 3.05. The molecule has 0 saturated carbocycles. The van der Waals surface area contributed by atoms with Crippen LogP contribution in [-0.4, -0.2) is 6.04 Å². The molecule has 0 amide bonds. The van der Waals surface area contributed by atoms with Crippen LogP contribution in [0.3, 0.4) is 0 Å². The van der Waals surface area contributed by atoms with E-state index < -0.39 is 0 Å². The molecule has 100 valence electrons. The van der Waals surface area contributed by atoms with Gasteiger partial charge in [0.05, 0.1) is 0 Å². The van der Waals surface area contributed by atoms with Crippen LogP contribution in [0.4, 0.5) is 5.69 Å². The van der Waals surface area contributed by atoms with Crippen molar-refractivity contribution in [2.75, 3.05) is 5.32 Å². The van der Waals surface area contributed by atoms with E-state index in [9.17, 15) is 0 Å². The van der Waals surface area contributed by atoms with Crippen LogP contribution in [0.5, 0.6) is 0 Å².